The molecular formula is C18H26Cl3N3O2. The molecule has 0 aliphatic heterocycles. The molecule has 0 unspecified atom stereocenters. The molecule has 1 aliphatic rings. The lowest BCUT2D eigenvalue weighted by Crippen LogP contribution is -2.51. The summed E-state index contributed by atoms with van der Waals surface area (Å²) in [6.45, 7) is 6.49. The average molecular weight is 423 g/mol. The normalized spacial score (nSPS) is 24.8. The predicted octanol–water partition coefficient (Wildman–Crippen LogP) is 5.38. The first-order valence-electron chi connectivity index (χ1n) is 8.88. The number of aromatic nitrogens is 1. The summed E-state index contributed by atoms with van der Waals surface area (Å²) in [5, 5.41) is 5.53. The largest absolute Gasteiger partial charge is 0.446 e. The fourth-order valence-corrected chi connectivity index (χ4v) is 3.66. The zero-order valence-corrected chi connectivity index (χ0v) is 17.5. The molecule has 146 valence electrons. The maximum Gasteiger partial charge on any atom is 0.409 e. The predicted molar refractivity (Wildman–Crippen MR) is 107 cm³/mol. The number of amides is 1. The minimum absolute atomic E-state index is 0.135. The van der Waals surface area contributed by atoms with Gasteiger partial charge in [0.15, 0.2) is 6.17 Å². The van der Waals surface area contributed by atoms with Gasteiger partial charge in [-0.15, -0.1) is 0 Å². The summed E-state index contributed by atoms with van der Waals surface area (Å²) >= 11 is 18.0. The lowest BCUT2D eigenvalue weighted by atomic mass is 9.75. The van der Waals surface area contributed by atoms with E-state index in [2.05, 4.69) is 36.4 Å². The number of pyridine rings is 1. The molecular weight excluding hydrogens is 397 g/mol. The molecule has 1 aromatic rings. The first-order valence-corrected chi connectivity index (χ1v) is 10.0. The Kier molecular flexibility index (Phi) is 7.68. The summed E-state index contributed by atoms with van der Waals surface area (Å²) in [5.74, 6) is 1.79. The number of carbonyl (C=O) groups is 1. The quantitative estimate of drug-likeness (QED) is 0.494. The van der Waals surface area contributed by atoms with Gasteiger partial charge < -0.3 is 10.1 Å². The van der Waals surface area contributed by atoms with Crippen LogP contribution in [0.2, 0.25) is 0 Å². The van der Waals surface area contributed by atoms with E-state index in [1.165, 1.54) is 0 Å². The Hall–Kier alpha value is -0.910. The highest BCUT2D eigenvalue weighted by Crippen LogP contribution is 2.36. The van der Waals surface area contributed by atoms with Crippen LogP contribution in [0.5, 0.6) is 0 Å². The van der Waals surface area contributed by atoms with Crippen LogP contribution in [0, 0.1) is 17.8 Å². The molecule has 4 atom stereocenters. The number of hydrogen-bond donors (Lipinski definition) is 2. The summed E-state index contributed by atoms with van der Waals surface area (Å²) in [6.07, 6.45) is 2.95. The third-order valence-corrected chi connectivity index (χ3v) is 5.42. The molecule has 1 amide bonds. The number of alkyl carbamates (subject to hydrolysis) is 1. The molecule has 1 fully saturated rings. The number of anilines is 1. The van der Waals surface area contributed by atoms with Crippen molar-refractivity contribution in [2.75, 3.05) is 5.32 Å². The number of hydrogen-bond acceptors (Lipinski definition) is 4. The number of alkyl halides is 3. The van der Waals surface area contributed by atoms with Crippen molar-refractivity contribution in [1.29, 1.82) is 0 Å². The summed E-state index contributed by atoms with van der Waals surface area (Å²) in [6, 6.07) is 5.28. The van der Waals surface area contributed by atoms with E-state index in [1.54, 1.807) is 24.4 Å². The van der Waals surface area contributed by atoms with Gasteiger partial charge in [-0.2, -0.15) is 0 Å². The van der Waals surface area contributed by atoms with E-state index >= 15 is 0 Å². The highest BCUT2D eigenvalue weighted by Gasteiger charge is 2.37. The van der Waals surface area contributed by atoms with E-state index in [-0.39, 0.29) is 6.10 Å². The van der Waals surface area contributed by atoms with Gasteiger partial charge in [0.25, 0.3) is 0 Å². The van der Waals surface area contributed by atoms with Crippen LogP contribution in [-0.2, 0) is 4.74 Å². The van der Waals surface area contributed by atoms with Crippen LogP contribution in [0.1, 0.15) is 40.0 Å². The van der Waals surface area contributed by atoms with Gasteiger partial charge in [-0.1, -0.05) is 68.1 Å². The van der Waals surface area contributed by atoms with Crippen molar-refractivity contribution in [2.45, 2.75) is 56.1 Å². The molecule has 1 heterocycles. The fraction of sp³-hybridized carbons (Fsp3) is 0.667. The van der Waals surface area contributed by atoms with Crippen molar-refractivity contribution in [1.82, 2.24) is 10.3 Å². The fourth-order valence-electron chi connectivity index (χ4n) is 3.34. The lowest BCUT2D eigenvalue weighted by molar-refractivity contribution is 0.00534. The monoisotopic (exact) mass is 421 g/mol. The van der Waals surface area contributed by atoms with E-state index < -0.39 is 16.1 Å². The van der Waals surface area contributed by atoms with Gasteiger partial charge in [0.1, 0.15) is 11.9 Å². The van der Waals surface area contributed by atoms with Gasteiger partial charge in [0, 0.05) is 6.20 Å². The Bertz CT molecular complexity index is 581. The van der Waals surface area contributed by atoms with Crippen molar-refractivity contribution in [3.05, 3.63) is 24.4 Å². The third-order valence-electron chi connectivity index (χ3n) is 4.77. The smallest absolute Gasteiger partial charge is 0.409 e. The van der Waals surface area contributed by atoms with E-state index in [1.807, 2.05) is 0 Å². The molecule has 1 aliphatic carbocycles. The molecule has 0 saturated heterocycles. The second-order valence-electron chi connectivity index (χ2n) is 7.25. The number of rotatable bonds is 5. The minimum atomic E-state index is -1.77. The molecule has 2 rings (SSSR count). The highest BCUT2D eigenvalue weighted by molar-refractivity contribution is 6.68. The summed E-state index contributed by atoms with van der Waals surface area (Å²) in [4.78, 5) is 16.6. The summed E-state index contributed by atoms with van der Waals surface area (Å²) < 4.78 is 3.94. The third kappa shape index (κ3) is 6.36. The van der Waals surface area contributed by atoms with Crippen molar-refractivity contribution in [3.8, 4) is 0 Å². The molecule has 8 heteroatoms. The van der Waals surface area contributed by atoms with Gasteiger partial charge >= 0.3 is 6.09 Å². The van der Waals surface area contributed by atoms with Gasteiger partial charge in [0.2, 0.25) is 3.79 Å². The molecule has 5 nitrogen and oxygen atoms in total. The standard InChI is InChI=1S/C18H26Cl3N3O2/c1-11(2)13-8-7-12(3)10-14(13)26-17(25)24-16(18(19,20)21)23-15-6-4-5-9-22-15/h4-6,9,11-14,16H,7-8,10H2,1-3H3,(H,22,23)(H,24,25)/t12-,13+,14+,16-/m0/s1. The maximum absolute atomic E-state index is 12.5. The first-order chi connectivity index (χ1) is 12.2. The van der Waals surface area contributed by atoms with Crippen LogP contribution in [0.15, 0.2) is 24.4 Å². The Labute approximate surface area is 170 Å². The minimum Gasteiger partial charge on any atom is -0.446 e. The van der Waals surface area contributed by atoms with E-state index in [4.69, 9.17) is 39.5 Å². The van der Waals surface area contributed by atoms with Crippen molar-refractivity contribution < 1.29 is 9.53 Å². The molecule has 0 bridgehead atoms. The molecule has 1 aromatic heterocycles. The Morgan fingerprint density at radius 3 is 2.62 bits per heavy atom. The van der Waals surface area contributed by atoms with Gasteiger partial charge in [-0.05, 0) is 42.7 Å². The SMILES string of the molecule is CC(C)[C@H]1CC[C@H](C)C[C@H]1OC(=O)N[C@H](Nc1ccccn1)C(Cl)(Cl)Cl. The van der Waals surface area contributed by atoms with Crippen molar-refractivity contribution in [3.63, 3.8) is 0 Å². The maximum atomic E-state index is 12.5. The number of carbonyl (C=O) groups excluding carboxylic acids is 1. The molecule has 26 heavy (non-hydrogen) atoms. The highest BCUT2D eigenvalue weighted by atomic mass is 35.6. The van der Waals surface area contributed by atoms with Crippen LogP contribution < -0.4 is 10.6 Å². The molecule has 0 aromatic carbocycles. The van der Waals surface area contributed by atoms with Crippen molar-refractivity contribution in [2.24, 2.45) is 17.8 Å². The zero-order chi connectivity index (χ0) is 19.3. The molecule has 0 spiro atoms. The van der Waals surface area contributed by atoms with Crippen LogP contribution in [0.4, 0.5) is 10.6 Å². The second kappa shape index (κ2) is 9.34. The van der Waals surface area contributed by atoms with Gasteiger partial charge in [-0.25, -0.2) is 9.78 Å². The summed E-state index contributed by atoms with van der Waals surface area (Å²) in [5.41, 5.74) is 0. The number of ether oxygens (including phenoxy) is 1. The van der Waals surface area contributed by atoms with Crippen LogP contribution in [0.3, 0.4) is 0 Å². The topological polar surface area (TPSA) is 63.2 Å². The number of nitrogens with one attached hydrogen (secondary N) is 2. The van der Waals surface area contributed by atoms with E-state index in [0.29, 0.717) is 23.6 Å². The molecule has 2 N–H and O–H groups in total. The van der Waals surface area contributed by atoms with E-state index in [0.717, 1.165) is 19.3 Å². The first kappa shape index (κ1) is 21.4. The van der Waals surface area contributed by atoms with Crippen LogP contribution in [0.25, 0.3) is 0 Å². The number of halogens is 3. The van der Waals surface area contributed by atoms with Gasteiger partial charge in [-0.3, -0.25) is 5.32 Å². The van der Waals surface area contributed by atoms with E-state index in [9.17, 15) is 4.79 Å². The molecule has 0 radical (unpaired) electrons. The summed E-state index contributed by atoms with van der Waals surface area (Å²) in [7, 11) is 0. The van der Waals surface area contributed by atoms with Gasteiger partial charge in [0.05, 0.1) is 0 Å². The second-order valence-corrected chi connectivity index (χ2v) is 9.62. The lowest BCUT2D eigenvalue weighted by Gasteiger charge is -2.37. The Morgan fingerprint density at radius 1 is 1.31 bits per heavy atom. The number of nitrogens with zero attached hydrogens (tertiary/aromatic N) is 1. The molecule has 1 saturated carbocycles. The van der Waals surface area contributed by atoms with Crippen molar-refractivity contribution >= 4 is 46.7 Å². The van der Waals surface area contributed by atoms with Crippen LogP contribution >= 0.6 is 34.8 Å². The zero-order valence-electron chi connectivity index (χ0n) is 15.2. The van der Waals surface area contributed by atoms with Crippen LogP contribution in [-0.4, -0.2) is 27.1 Å². The average Bonchev–Trinajstić information content (AvgIpc) is 2.54. The Morgan fingerprint density at radius 2 is 2.04 bits per heavy atom. The Balaban J connectivity index is 2.01.